The Morgan fingerprint density at radius 3 is 2.67 bits per heavy atom. The second-order valence-electron chi connectivity index (χ2n) is 4.52. The van der Waals surface area contributed by atoms with Gasteiger partial charge in [-0.1, -0.05) is 44.4 Å². The third kappa shape index (κ3) is 5.21. The Balaban J connectivity index is 2.56. The molecular formula is C15H24ClNS. The minimum Gasteiger partial charge on any atom is -0.310 e. The maximum Gasteiger partial charge on any atom is 0.0464 e. The first-order chi connectivity index (χ1) is 8.69. The van der Waals surface area contributed by atoms with Crippen LogP contribution >= 0.6 is 23.4 Å². The Bertz CT molecular complexity index is 354. The van der Waals surface area contributed by atoms with E-state index >= 15 is 0 Å². The van der Waals surface area contributed by atoms with E-state index < -0.39 is 0 Å². The van der Waals surface area contributed by atoms with Crippen molar-refractivity contribution in [2.45, 2.75) is 51.0 Å². The van der Waals surface area contributed by atoms with Gasteiger partial charge in [-0.25, -0.2) is 0 Å². The lowest BCUT2D eigenvalue weighted by atomic mass is 10.1. The van der Waals surface area contributed by atoms with Crippen LogP contribution in [0.4, 0.5) is 0 Å². The smallest absolute Gasteiger partial charge is 0.0464 e. The molecule has 1 atom stereocenters. The molecule has 1 aromatic carbocycles. The van der Waals surface area contributed by atoms with Crippen LogP contribution in [0.15, 0.2) is 23.1 Å². The molecule has 0 aliphatic rings. The van der Waals surface area contributed by atoms with Crippen molar-refractivity contribution in [2.24, 2.45) is 0 Å². The largest absolute Gasteiger partial charge is 0.310 e. The van der Waals surface area contributed by atoms with Crippen LogP contribution < -0.4 is 5.32 Å². The van der Waals surface area contributed by atoms with Crippen LogP contribution in [-0.2, 0) is 0 Å². The number of halogens is 1. The fourth-order valence-corrected chi connectivity index (χ4v) is 3.27. The summed E-state index contributed by atoms with van der Waals surface area (Å²) in [5.41, 5.74) is 1.19. The lowest BCUT2D eigenvalue weighted by Gasteiger charge is -2.15. The van der Waals surface area contributed by atoms with Crippen LogP contribution in [0.2, 0.25) is 5.02 Å². The van der Waals surface area contributed by atoms with E-state index in [-0.39, 0.29) is 0 Å². The monoisotopic (exact) mass is 285 g/mol. The van der Waals surface area contributed by atoms with Gasteiger partial charge < -0.3 is 5.32 Å². The van der Waals surface area contributed by atoms with Gasteiger partial charge in [0.1, 0.15) is 0 Å². The van der Waals surface area contributed by atoms with Gasteiger partial charge in [0.2, 0.25) is 0 Å². The number of rotatable bonds is 8. The summed E-state index contributed by atoms with van der Waals surface area (Å²) < 4.78 is 0. The van der Waals surface area contributed by atoms with E-state index in [9.17, 15) is 0 Å². The third-order valence-electron chi connectivity index (χ3n) is 2.97. The normalized spacial score (nSPS) is 12.7. The van der Waals surface area contributed by atoms with E-state index in [4.69, 9.17) is 11.6 Å². The molecule has 1 N–H and O–H groups in total. The maximum absolute atomic E-state index is 6.35. The van der Waals surface area contributed by atoms with Gasteiger partial charge in [-0.3, -0.25) is 0 Å². The third-order valence-corrected chi connectivity index (χ3v) is 4.37. The first-order valence-corrected chi connectivity index (χ1v) is 8.21. The Hall–Kier alpha value is -0.180. The van der Waals surface area contributed by atoms with Crippen molar-refractivity contribution in [2.75, 3.05) is 12.3 Å². The molecule has 0 radical (unpaired) electrons. The standard InChI is InChI=1S/C15H24ClNS/c1-4-6-7-10-18-13-8-9-14(15(16)11-13)12(3)17-5-2/h8-9,11-12,17H,4-7,10H2,1-3H3. The van der Waals surface area contributed by atoms with Gasteiger partial charge in [0, 0.05) is 16.0 Å². The fraction of sp³-hybridized carbons (Fsp3) is 0.600. The first kappa shape index (κ1) is 15.9. The van der Waals surface area contributed by atoms with Crippen LogP contribution in [-0.4, -0.2) is 12.3 Å². The molecule has 0 amide bonds. The zero-order valence-corrected chi connectivity index (χ0v) is 13.2. The number of unbranched alkanes of at least 4 members (excludes halogenated alkanes) is 2. The van der Waals surface area contributed by atoms with Crippen LogP contribution in [0.1, 0.15) is 51.6 Å². The van der Waals surface area contributed by atoms with Crippen LogP contribution in [0, 0.1) is 0 Å². The average molecular weight is 286 g/mol. The summed E-state index contributed by atoms with van der Waals surface area (Å²) in [6.07, 6.45) is 3.88. The minimum atomic E-state index is 0.321. The average Bonchev–Trinajstić information content (AvgIpc) is 2.35. The Morgan fingerprint density at radius 1 is 1.28 bits per heavy atom. The topological polar surface area (TPSA) is 12.0 Å². The summed E-state index contributed by atoms with van der Waals surface area (Å²) in [5, 5.41) is 4.27. The number of benzene rings is 1. The Kier molecular flexibility index (Phi) is 7.80. The highest BCUT2D eigenvalue weighted by Gasteiger charge is 2.08. The Morgan fingerprint density at radius 2 is 2.06 bits per heavy atom. The van der Waals surface area contributed by atoms with E-state index in [1.807, 2.05) is 11.8 Å². The lowest BCUT2D eigenvalue weighted by Crippen LogP contribution is -2.17. The van der Waals surface area contributed by atoms with Crippen LogP contribution in [0.3, 0.4) is 0 Å². The van der Waals surface area contributed by atoms with Crippen molar-refractivity contribution < 1.29 is 0 Å². The van der Waals surface area contributed by atoms with Crippen molar-refractivity contribution in [3.8, 4) is 0 Å². The fourth-order valence-electron chi connectivity index (χ4n) is 1.91. The number of thioether (sulfide) groups is 1. The summed E-state index contributed by atoms with van der Waals surface area (Å²) in [4.78, 5) is 1.28. The van der Waals surface area contributed by atoms with Crippen molar-refractivity contribution >= 4 is 23.4 Å². The second kappa shape index (κ2) is 8.84. The summed E-state index contributed by atoms with van der Waals surface area (Å²) in [7, 11) is 0. The van der Waals surface area contributed by atoms with Crippen molar-refractivity contribution in [1.29, 1.82) is 0 Å². The lowest BCUT2D eigenvalue weighted by molar-refractivity contribution is 0.598. The number of nitrogens with one attached hydrogen (secondary N) is 1. The molecule has 0 spiro atoms. The van der Waals surface area contributed by atoms with Crippen molar-refractivity contribution in [1.82, 2.24) is 5.32 Å². The predicted molar refractivity (Wildman–Crippen MR) is 83.8 cm³/mol. The summed E-state index contributed by atoms with van der Waals surface area (Å²) in [6, 6.07) is 6.76. The van der Waals surface area contributed by atoms with Gasteiger partial charge in [-0.2, -0.15) is 0 Å². The molecule has 1 unspecified atom stereocenters. The Labute approximate surface area is 121 Å². The maximum atomic E-state index is 6.35. The van der Waals surface area contributed by atoms with E-state index in [0.717, 1.165) is 11.6 Å². The molecule has 102 valence electrons. The molecule has 1 rings (SSSR count). The zero-order chi connectivity index (χ0) is 13.4. The zero-order valence-electron chi connectivity index (χ0n) is 11.6. The molecule has 0 aromatic heterocycles. The molecule has 18 heavy (non-hydrogen) atoms. The molecule has 3 heteroatoms. The molecule has 0 heterocycles. The molecule has 0 fully saturated rings. The molecule has 0 saturated heterocycles. The van der Waals surface area contributed by atoms with E-state index in [2.05, 4.69) is 44.3 Å². The SMILES string of the molecule is CCCCCSc1ccc(C(C)NCC)c(Cl)c1. The second-order valence-corrected chi connectivity index (χ2v) is 6.09. The highest BCUT2D eigenvalue weighted by molar-refractivity contribution is 7.99. The molecule has 0 aliphatic heterocycles. The van der Waals surface area contributed by atoms with E-state index in [1.165, 1.54) is 35.5 Å². The quantitative estimate of drug-likeness (QED) is 0.514. The van der Waals surface area contributed by atoms with Crippen LogP contribution in [0.25, 0.3) is 0 Å². The number of hydrogen-bond acceptors (Lipinski definition) is 2. The predicted octanol–water partition coefficient (Wildman–Crippen LogP) is 5.29. The number of hydrogen-bond donors (Lipinski definition) is 1. The van der Waals surface area contributed by atoms with Crippen LogP contribution in [0.5, 0.6) is 0 Å². The first-order valence-electron chi connectivity index (χ1n) is 6.84. The summed E-state index contributed by atoms with van der Waals surface area (Å²) in [5.74, 6) is 1.19. The molecule has 1 nitrogen and oxygen atoms in total. The minimum absolute atomic E-state index is 0.321. The highest BCUT2D eigenvalue weighted by Crippen LogP contribution is 2.29. The van der Waals surface area contributed by atoms with Gasteiger partial charge >= 0.3 is 0 Å². The highest BCUT2D eigenvalue weighted by atomic mass is 35.5. The molecule has 0 aliphatic carbocycles. The van der Waals surface area contributed by atoms with Gasteiger partial charge in [-0.15, -0.1) is 11.8 Å². The van der Waals surface area contributed by atoms with Crippen molar-refractivity contribution in [3.63, 3.8) is 0 Å². The van der Waals surface area contributed by atoms with E-state index in [0.29, 0.717) is 6.04 Å². The van der Waals surface area contributed by atoms with Gasteiger partial charge in [0.05, 0.1) is 0 Å². The van der Waals surface area contributed by atoms with Gasteiger partial charge in [-0.05, 0) is 43.3 Å². The summed E-state index contributed by atoms with van der Waals surface area (Å²) in [6.45, 7) is 7.46. The molecule has 0 bridgehead atoms. The molecule has 0 saturated carbocycles. The summed E-state index contributed by atoms with van der Waals surface area (Å²) >= 11 is 8.25. The molecule has 1 aromatic rings. The van der Waals surface area contributed by atoms with Gasteiger partial charge in [0.15, 0.2) is 0 Å². The van der Waals surface area contributed by atoms with Crippen molar-refractivity contribution in [3.05, 3.63) is 28.8 Å². The van der Waals surface area contributed by atoms with Gasteiger partial charge in [0.25, 0.3) is 0 Å². The molecular weight excluding hydrogens is 262 g/mol. The van der Waals surface area contributed by atoms with E-state index in [1.54, 1.807) is 0 Å².